The number of rotatable bonds is 5. The topological polar surface area (TPSA) is 65.6 Å². The Hall–Kier alpha value is -2.11. The molecular formula is C20H26ClN5. The van der Waals surface area contributed by atoms with Crippen LogP contribution in [0.2, 0.25) is 0 Å². The lowest BCUT2D eigenvalue weighted by atomic mass is 9.86. The van der Waals surface area contributed by atoms with Gasteiger partial charge in [-0.05, 0) is 37.4 Å². The van der Waals surface area contributed by atoms with Crippen LogP contribution in [0.1, 0.15) is 49.4 Å². The highest BCUT2D eigenvalue weighted by Gasteiger charge is 2.27. The fourth-order valence-electron chi connectivity index (χ4n) is 3.69. The van der Waals surface area contributed by atoms with Crippen molar-refractivity contribution in [3.05, 3.63) is 53.9 Å². The maximum Gasteiger partial charge on any atom is 0.223 e. The molecule has 3 heterocycles. The van der Waals surface area contributed by atoms with E-state index in [1.807, 2.05) is 12.3 Å². The SMILES string of the molecule is CCCNc1nc(C2CCNC(c3ccccc3)C2)c2[nH]ccc2n1.Cl. The fourth-order valence-corrected chi connectivity index (χ4v) is 3.69. The predicted molar refractivity (Wildman–Crippen MR) is 109 cm³/mol. The van der Waals surface area contributed by atoms with E-state index in [9.17, 15) is 0 Å². The molecule has 5 nitrogen and oxygen atoms in total. The van der Waals surface area contributed by atoms with E-state index in [1.54, 1.807) is 0 Å². The van der Waals surface area contributed by atoms with Crippen LogP contribution in [0.4, 0.5) is 5.95 Å². The van der Waals surface area contributed by atoms with Crippen molar-refractivity contribution in [2.24, 2.45) is 0 Å². The van der Waals surface area contributed by atoms with Gasteiger partial charge in [0.1, 0.15) is 0 Å². The van der Waals surface area contributed by atoms with Gasteiger partial charge >= 0.3 is 0 Å². The Labute approximate surface area is 160 Å². The Morgan fingerprint density at radius 2 is 2.00 bits per heavy atom. The molecule has 1 fully saturated rings. The van der Waals surface area contributed by atoms with Gasteiger partial charge in [-0.3, -0.25) is 0 Å². The molecule has 3 N–H and O–H groups in total. The van der Waals surface area contributed by atoms with Crippen LogP contribution in [-0.2, 0) is 0 Å². The number of nitrogens with zero attached hydrogens (tertiary/aromatic N) is 2. The van der Waals surface area contributed by atoms with E-state index in [2.05, 4.69) is 57.9 Å². The summed E-state index contributed by atoms with van der Waals surface area (Å²) in [6, 6.07) is 13.1. The lowest BCUT2D eigenvalue weighted by molar-refractivity contribution is 0.366. The van der Waals surface area contributed by atoms with Crippen LogP contribution in [-0.4, -0.2) is 28.0 Å². The highest BCUT2D eigenvalue weighted by atomic mass is 35.5. The van der Waals surface area contributed by atoms with Crippen LogP contribution >= 0.6 is 12.4 Å². The van der Waals surface area contributed by atoms with Gasteiger partial charge in [0, 0.05) is 24.7 Å². The van der Waals surface area contributed by atoms with Crippen LogP contribution in [0, 0.1) is 0 Å². The minimum atomic E-state index is 0. The smallest absolute Gasteiger partial charge is 0.223 e. The Balaban J connectivity index is 0.00000196. The van der Waals surface area contributed by atoms with Gasteiger partial charge < -0.3 is 15.6 Å². The standard InChI is InChI=1S/C20H25N5.ClH/c1-2-10-23-20-24-16-9-12-22-19(16)18(25-20)15-8-11-21-17(13-15)14-6-4-3-5-7-14;/h3-7,9,12,15,17,21-22H,2,8,10-11,13H2,1H3,(H,23,24,25);1H. The summed E-state index contributed by atoms with van der Waals surface area (Å²) in [4.78, 5) is 12.9. The van der Waals surface area contributed by atoms with Crippen LogP contribution in [0.15, 0.2) is 42.6 Å². The summed E-state index contributed by atoms with van der Waals surface area (Å²) in [6.07, 6.45) is 5.18. The molecule has 6 heteroatoms. The van der Waals surface area contributed by atoms with Crippen LogP contribution < -0.4 is 10.6 Å². The second-order valence-electron chi connectivity index (χ2n) is 6.74. The largest absolute Gasteiger partial charge is 0.358 e. The highest BCUT2D eigenvalue weighted by molar-refractivity contribution is 5.85. The van der Waals surface area contributed by atoms with Gasteiger partial charge in [0.2, 0.25) is 5.95 Å². The van der Waals surface area contributed by atoms with Crippen molar-refractivity contribution in [1.82, 2.24) is 20.3 Å². The first-order valence-corrected chi connectivity index (χ1v) is 9.22. The van der Waals surface area contributed by atoms with Crippen molar-refractivity contribution in [2.45, 2.75) is 38.1 Å². The summed E-state index contributed by atoms with van der Waals surface area (Å²) in [6.45, 7) is 4.06. The fraction of sp³-hybridized carbons (Fsp3) is 0.400. The number of nitrogens with one attached hydrogen (secondary N) is 3. The number of hydrogen-bond donors (Lipinski definition) is 3. The third-order valence-electron chi connectivity index (χ3n) is 4.96. The summed E-state index contributed by atoms with van der Waals surface area (Å²) in [5.41, 5.74) is 4.59. The molecule has 2 unspecified atom stereocenters. The first-order chi connectivity index (χ1) is 12.3. The normalized spacial score (nSPS) is 19.9. The number of halogens is 1. The summed E-state index contributed by atoms with van der Waals surface area (Å²) in [5, 5.41) is 7.00. The molecule has 138 valence electrons. The molecule has 4 rings (SSSR count). The summed E-state index contributed by atoms with van der Waals surface area (Å²) in [7, 11) is 0. The molecule has 0 bridgehead atoms. The Morgan fingerprint density at radius 3 is 2.81 bits per heavy atom. The maximum atomic E-state index is 4.88. The van der Waals surface area contributed by atoms with E-state index in [0.29, 0.717) is 12.0 Å². The van der Waals surface area contributed by atoms with Gasteiger partial charge in [-0.25, -0.2) is 9.97 Å². The molecule has 0 aliphatic carbocycles. The van der Waals surface area contributed by atoms with E-state index in [4.69, 9.17) is 4.98 Å². The molecule has 1 aliphatic heterocycles. The summed E-state index contributed by atoms with van der Waals surface area (Å²) in [5.74, 6) is 1.18. The second-order valence-corrected chi connectivity index (χ2v) is 6.74. The number of fused-ring (bicyclic) bond motifs is 1. The van der Waals surface area contributed by atoms with Crippen molar-refractivity contribution >= 4 is 29.4 Å². The van der Waals surface area contributed by atoms with E-state index < -0.39 is 0 Å². The third kappa shape index (κ3) is 3.84. The van der Waals surface area contributed by atoms with Crippen molar-refractivity contribution in [3.8, 4) is 0 Å². The molecule has 0 saturated carbocycles. The van der Waals surface area contributed by atoms with Crippen molar-refractivity contribution in [3.63, 3.8) is 0 Å². The first kappa shape index (κ1) is 18.7. The van der Waals surface area contributed by atoms with Gasteiger partial charge in [-0.2, -0.15) is 0 Å². The number of aromatic amines is 1. The molecule has 1 aromatic carbocycles. The zero-order chi connectivity index (χ0) is 17.1. The van der Waals surface area contributed by atoms with Crippen molar-refractivity contribution < 1.29 is 0 Å². The van der Waals surface area contributed by atoms with E-state index >= 15 is 0 Å². The van der Waals surface area contributed by atoms with Crippen LogP contribution in [0.3, 0.4) is 0 Å². The lowest BCUT2D eigenvalue weighted by Gasteiger charge is -2.30. The molecule has 0 radical (unpaired) electrons. The summed E-state index contributed by atoms with van der Waals surface area (Å²) >= 11 is 0. The van der Waals surface area contributed by atoms with E-state index in [-0.39, 0.29) is 12.4 Å². The van der Waals surface area contributed by atoms with Crippen LogP contribution in [0.25, 0.3) is 11.0 Å². The minimum Gasteiger partial charge on any atom is -0.358 e. The molecular weight excluding hydrogens is 346 g/mol. The van der Waals surface area contributed by atoms with Crippen LogP contribution in [0.5, 0.6) is 0 Å². The number of H-pyrrole nitrogens is 1. The van der Waals surface area contributed by atoms with Gasteiger partial charge in [0.25, 0.3) is 0 Å². The molecule has 26 heavy (non-hydrogen) atoms. The second kappa shape index (κ2) is 8.52. The van der Waals surface area contributed by atoms with Gasteiger partial charge in [0.05, 0.1) is 16.7 Å². The summed E-state index contributed by atoms with van der Waals surface area (Å²) < 4.78 is 0. The molecule has 1 saturated heterocycles. The monoisotopic (exact) mass is 371 g/mol. The van der Waals surface area contributed by atoms with Gasteiger partial charge in [-0.1, -0.05) is 37.3 Å². The first-order valence-electron chi connectivity index (χ1n) is 9.22. The predicted octanol–water partition coefficient (Wildman–Crippen LogP) is 4.41. The third-order valence-corrected chi connectivity index (χ3v) is 4.96. The zero-order valence-corrected chi connectivity index (χ0v) is 15.9. The number of benzene rings is 1. The van der Waals surface area contributed by atoms with Crippen molar-refractivity contribution in [2.75, 3.05) is 18.4 Å². The quantitative estimate of drug-likeness (QED) is 0.621. The van der Waals surface area contributed by atoms with E-state index in [0.717, 1.165) is 55.0 Å². The molecule has 0 amide bonds. The number of piperidine rings is 1. The maximum absolute atomic E-state index is 4.88. The molecule has 2 atom stereocenters. The number of anilines is 1. The number of aromatic nitrogens is 3. The Morgan fingerprint density at radius 1 is 1.15 bits per heavy atom. The molecule has 2 aromatic heterocycles. The minimum absolute atomic E-state index is 0. The Bertz CT molecular complexity index is 833. The van der Waals surface area contributed by atoms with Gasteiger partial charge in [-0.15, -0.1) is 12.4 Å². The molecule has 3 aromatic rings. The Kier molecular flexibility index (Phi) is 6.12. The average Bonchev–Trinajstić information content (AvgIpc) is 3.15. The van der Waals surface area contributed by atoms with E-state index in [1.165, 1.54) is 5.56 Å². The average molecular weight is 372 g/mol. The number of hydrogen-bond acceptors (Lipinski definition) is 4. The highest BCUT2D eigenvalue weighted by Crippen LogP contribution is 2.36. The zero-order valence-electron chi connectivity index (χ0n) is 15.0. The van der Waals surface area contributed by atoms with Crippen molar-refractivity contribution in [1.29, 1.82) is 0 Å². The van der Waals surface area contributed by atoms with Gasteiger partial charge in [0.15, 0.2) is 0 Å². The molecule has 0 spiro atoms. The molecule has 1 aliphatic rings. The lowest BCUT2D eigenvalue weighted by Crippen LogP contribution is -2.31.